The Morgan fingerprint density at radius 3 is 2.46 bits per heavy atom. The highest BCUT2D eigenvalue weighted by Gasteiger charge is 2.43. The van der Waals surface area contributed by atoms with Gasteiger partial charge in [0.25, 0.3) is 0 Å². The number of hydrogen-bond donors (Lipinski definition) is 5. The molecule has 8 N–H and O–H groups in total. The number of anilines is 1. The minimum absolute atomic E-state index is 0.266. The monoisotopic (exact) mass is 385 g/mol. The molecule has 3 rings (SSSR count). The molecule has 0 aromatic carbocycles. The van der Waals surface area contributed by atoms with Crippen LogP contribution in [0.5, 0.6) is 0 Å². The van der Waals surface area contributed by atoms with Crippen LogP contribution in [0.4, 0.5) is 5.82 Å². The van der Waals surface area contributed by atoms with Gasteiger partial charge in [0.15, 0.2) is 17.7 Å². The Morgan fingerprint density at radius 2 is 1.85 bits per heavy atom. The smallest absolute Gasteiger partial charge is 0.167 e. The van der Waals surface area contributed by atoms with Gasteiger partial charge in [-0.05, 0) is 32.2 Å². The van der Waals surface area contributed by atoms with Crippen molar-refractivity contribution in [3.05, 3.63) is 12.7 Å². The van der Waals surface area contributed by atoms with Gasteiger partial charge in [0.2, 0.25) is 0 Å². The van der Waals surface area contributed by atoms with Gasteiger partial charge in [-0.3, -0.25) is 4.57 Å². The maximum absolute atomic E-state index is 10.1. The van der Waals surface area contributed by atoms with Crippen molar-refractivity contribution in [3.8, 4) is 0 Å². The third-order valence-electron chi connectivity index (χ3n) is 3.99. The van der Waals surface area contributed by atoms with E-state index < -0.39 is 24.5 Å². The fourth-order valence-electron chi connectivity index (χ4n) is 2.61. The lowest BCUT2D eigenvalue weighted by Gasteiger charge is -2.16. The molecule has 1 aliphatic heterocycles. The topological polar surface area (TPSA) is 171 Å². The standard InChI is InChI=1S/C11H15N5O3S.C4H12N2/c1-20-2-5-7(17)8(18)11(19-5)16-4-15-6-9(12)13-3-14-10(6)16;5-3-1-2-4-6/h3-5,7-8,11,17-18H,2H2,1H3,(H2,12,13,14);1-6H2/t5-,7-,8-,11-;/m1./s1. The molecule has 10 nitrogen and oxygen atoms in total. The second-order valence-electron chi connectivity index (χ2n) is 5.87. The molecular formula is C15H27N7O3S. The number of aliphatic hydroxyl groups is 2. The van der Waals surface area contributed by atoms with Gasteiger partial charge in [0, 0.05) is 5.75 Å². The van der Waals surface area contributed by atoms with E-state index in [0.29, 0.717) is 16.9 Å². The van der Waals surface area contributed by atoms with Crippen molar-refractivity contribution in [1.82, 2.24) is 19.5 Å². The summed E-state index contributed by atoms with van der Waals surface area (Å²) in [7, 11) is 0. The van der Waals surface area contributed by atoms with Gasteiger partial charge >= 0.3 is 0 Å². The third-order valence-corrected chi connectivity index (χ3v) is 4.65. The number of rotatable bonds is 6. The Kier molecular flexibility index (Phi) is 8.00. The normalized spacial score (nSPS) is 25.3. The van der Waals surface area contributed by atoms with E-state index in [1.165, 1.54) is 12.7 Å². The lowest BCUT2D eigenvalue weighted by atomic mass is 10.1. The summed E-state index contributed by atoms with van der Waals surface area (Å²) < 4.78 is 7.29. The number of nitrogen functional groups attached to an aromatic ring is 1. The summed E-state index contributed by atoms with van der Waals surface area (Å²) in [4.78, 5) is 12.1. The zero-order valence-corrected chi connectivity index (χ0v) is 15.5. The van der Waals surface area contributed by atoms with Crippen LogP contribution in [0.15, 0.2) is 12.7 Å². The molecule has 0 bridgehead atoms. The molecule has 1 aliphatic rings. The molecule has 11 heteroatoms. The van der Waals surface area contributed by atoms with E-state index in [1.807, 2.05) is 6.26 Å². The predicted octanol–water partition coefficient (Wildman–Crippen LogP) is -0.925. The van der Waals surface area contributed by atoms with Crippen molar-refractivity contribution < 1.29 is 14.9 Å². The first kappa shape index (κ1) is 20.8. The van der Waals surface area contributed by atoms with Crippen LogP contribution in [0.25, 0.3) is 11.2 Å². The molecule has 0 radical (unpaired) electrons. The number of nitrogens with zero attached hydrogens (tertiary/aromatic N) is 4. The first-order valence-electron chi connectivity index (χ1n) is 8.38. The summed E-state index contributed by atoms with van der Waals surface area (Å²) in [6.45, 7) is 1.55. The second-order valence-corrected chi connectivity index (χ2v) is 6.78. The fraction of sp³-hybridized carbons (Fsp3) is 0.667. The molecule has 0 unspecified atom stereocenters. The molecule has 2 aromatic heterocycles. The Bertz CT molecular complexity index is 682. The summed E-state index contributed by atoms with van der Waals surface area (Å²) in [6, 6.07) is 0. The van der Waals surface area contributed by atoms with Gasteiger partial charge in [-0.25, -0.2) is 15.0 Å². The van der Waals surface area contributed by atoms with Crippen LogP contribution in [0.2, 0.25) is 0 Å². The molecule has 1 fully saturated rings. The highest BCUT2D eigenvalue weighted by Crippen LogP contribution is 2.32. The third kappa shape index (κ3) is 4.61. The number of aliphatic hydroxyl groups excluding tert-OH is 2. The van der Waals surface area contributed by atoms with E-state index >= 15 is 0 Å². The number of ether oxygens (including phenoxy) is 1. The van der Waals surface area contributed by atoms with Crippen LogP contribution in [0.1, 0.15) is 19.1 Å². The average Bonchev–Trinajstić information content (AvgIpc) is 3.18. The minimum atomic E-state index is -1.04. The zero-order valence-electron chi connectivity index (χ0n) is 14.7. The van der Waals surface area contributed by atoms with Crippen molar-refractivity contribution in [2.45, 2.75) is 37.4 Å². The van der Waals surface area contributed by atoms with E-state index in [9.17, 15) is 10.2 Å². The summed E-state index contributed by atoms with van der Waals surface area (Å²) in [5.74, 6) is 0.862. The molecule has 4 atom stereocenters. The number of unbranched alkanes of at least 4 members (excludes halogenated alkanes) is 1. The number of fused-ring (bicyclic) bond motifs is 1. The fourth-order valence-corrected chi connectivity index (χ4v) is 3.21. The molecule has 0 amide bonds. The lowest BCUT2D eigenvalue weighted by molar-refractivity contribution is -0.0288. The van der Waals surface area contributed by atoms with Crippen molar-refractivity contribution in [2.75, 3.05) is 30.8 Å². The molecule has 2 aromatic rings. The Morgan fingerprint density at radius 1 is 1.15 bits per heavy atom. The average molecular weight is 385 g/mol. The second kappa shape index (κ2) is 10.00. The largest absolute Gasteiger partial charge is 0.387 e. The SMILES string of the molecule is CSC[C@H]1O[C@@H](n2cnc3c(N)ncnc32)[C@H](O)[C@@H]1O.NCCCCN. The maximum Gasteiger partial charge on any atom is 0.167 e. The van der Waals surface area contributed by atoms with Crippen LogP contribution in [-0.2, 0) is 4.74 Å². The minimum Gasteiger partial charge on any atom is -0.387 e. The molecular weight excluding hydrogens is 358 g/mol. The summed E-state index contributed by atoms with van der Waals surface area (Å²) >= 11 is 1.54. The summed E-state index contributed by atoms with van der Waals surface area (Å²) in [6.07, 6.45) is 3.71. The number of thioether (sulfide) groups is 1. The first-order chi connectivity index (χ1) is 12.5. The molecule has 0 spiro atoms. The molecule has 0 aliphatic carbocycles. The van der Waals surface area contributed by atoms with Gasteiger partial charge < -0.3 is 32.2 Å². The van der Waals surface area contributed by atoms with Crippen molar-refractivity contribution in [3.63, 3.8) is 0 Å². The van der Waals surface area contributed by atoms with Crippen molar-refractivity contribution in [2.24, 2.45) is 11.5 Å². The van der Waals surface area contributed by atoms with E-state index in [2.05, 4.69) is 15.0 Å². The van der Waals surface area contributed by atoms with Crippen molar-refractivity contribution in [1.29, 1.82) is 0 Å². The predicted molar refractivity (Wildman–Crippen MR) is 101 cm³/mol. The lowest BCUT2D eigenvalue weighted by Crippen LogP contribution is -2.32. The van der Waals surface area contributed by atoms with Crippen LogP contribution in [-0.4, -0.2) is 73.1 Å². The van der Waals surface area contributed by atoms with Gasteiger partial charge in [0.1, 0.15) is 24.1 Å². The van der Waals surface area contributed by atoms with Crippen LogP contribution >= 0.6 is 11.8 Å². The molecule has 26 heavy (non-hydrogen) atoms. The van der Waals surface area contributed by atoms with Gasteiger partial charge in [-0.15, -0.1) is 0 Å². The van der Waals surface area contributed by atoms with E-state index in [-0.39, 0.29) is 5.82 Å². The zero-order chi connectivity index (χ0) is 19.1. The Balaban J connectivity index is 0.000000352. The molecule has 146 valence electrons. The first-order valence-corrected chi connectivity index (χ1v) is 9.78. The van der Waals surface area contributed by atoms with E-state index in [0.717, 1.165) is 25.9 Å². The molecule has 1 saturated heterocycles. The number of aromatic nitrogens is 4. The highest BCUT2D eigenvalue weighted by atomic mass is 32.2. The molecule has 0 saturated carbocycles. The van der Waals surface area contributed by atoms with E-state index in [1.54, 1.807) is 16.3 Å². The quantitative estimate of drug-likeness (QED) is 0.391. The molecule has 3 heterocycles. The van der Waals surface area contributed by atoms with Gasteiger partial charge in [-0.2, -0.15) is 11.8 Å². The van der Waals surface area contributed by atoms with Gasteiger partial charge in [0.05, 0.1) is 12.4 Å². The summed E-state index contributed by atoms with van der Waals surface area (Å²) in [5, 5.41) is 20.2. The Labute approximate surface area is 156 Å². The number of imidazole rings is 1. The van der Waals surface area contributed by atoms with Crippen LogP contribution in [0, 0.1) is 0 Å². The van der Waals surface area contributed by atoms with Crippen molar-refractivity contribution >= 4 is 28.7 Å². The van der Waals surface area contributed by atoms with E-state index in [4.69, 9.17) is 21.9 Å². The maximum atomic E-state index is 10.1. The van der Waals surface area contributed by atoms with Gasteiger partial charge in [-0.1, -0.05) is 0 Å². The van der Waals surface area contributed by atoms with Crippen LogP contribution < -0.4 is 17.2 Å². The number of hydrogen-bond acceptors (Lipinski definition) is 10. The Hall–Kier alpha value is -1.50. The summed E-state index contributed by atoms with van der Waals surface area (Å²) in [5.41, 5.74) is 17.0. The number of nitrogens with two attached hydrogens (primary N) is 3. The van der Waals surface area contributed by atoms with Crippen LogP contribution in [0.3, 0.4) is 0 Å². The highest BCUT2D eigenvalue weighted by molar-refractivity contribution is 7.98.